The van der Waals surface area contributed by atoms with Crippen LogP contribution in [0.3, 0.4) is 0 Å². The van der Waals surface area contributed by atoms with Crippen molar-refractivity contribution in [3.63, 3.8) is 0 Å². The summed E-state index contributed by atoms with van der Waals surface area (Å²) >= 11 is 3.45. The molecule has 1 aromatic carbocycles. The first-order valence-corrected chi connectivity index (χ1v) is 11.8. The second-order valence-electron chi connectivity index (χ2n) is 8.64. The van der Waals surface area contributed by atoms with E-state index in [1.54, 1.807) is 6.20 Å². The molecule has 0 radical (unpaired) electrons. The Hall–Kier alpha value is -2.42. The van der Waals surface area contributed by atoms with Gasteiger partial charge in [0.15, 0.2) is 0 Å². The van der Waals surface area contributed by atoms with Crippen LogP contribution in [0.4, 0.5) is 11.4 Å². The minimum absolute atomic E-state index is 0.256. The van der Waals surface area contributed by atoms with Crippen LogP contribution in [-0.2, 0) is 9.59 Å². The van der Waals surface area contributed by atoms with Crippen LogP contribution in [0.2, 0.25) is 0 Å². The van der Waals surface area contributed by atoms with E-state index in [4.69, 9.17) is 0 Å². The third-order valence-electron chi connectivity index (χ3n) is 6.40. The third-order valence-corrected chi connectivity index (χ3v) is 6.93. The molecule has 0 aromatic heterocycles. The molecule has 7 nitrogen and oxygen atoms in total. The van der Waals surface area contributed by atoms with Crippen molar-refractivity contribution in [2.45, 2.75) is 0 Å². The zero-order valence-corrected chi connectivity index (χ0v) is 20.1. The average Bonchev–Trinajstić information content (AvgIpc) is 2.78. The van der Waals surface area contributed by atoms with Crippen molar-refractivity contribution >= 4 is 39.1 Å². The van der Waals surface area contributed by atoms with E-state index in [0.29, 0.717) is 5.57 Å². The van der Waals surface area contributed by atoms with Crippen molar-refractivity contribution in [2.24, 2.45) is 11.8 Å². The van der Waals surface area contributed by atoms with Crippen LogP contribution < -0.4 is 15.5 Å². The maximum atomic E-state index is 12.4. The number of benzene rings is 1. The predicted octanol–water partition coefficient (Wildman–Crippen LogP) is 2.40. The van der Waals surface area contributed by atoms with Crippen molar-refractivity contribution in [3.05, 3.63) is 58.7 Å². The van der Waals surface area contributed by atoms with E-state index < -0.39 is 0 Å². The van der Waals surface area contributed by atoms with Crippen LogP contribution in [0, 0.1) is 11.8 Å². The number of allylic oxidation sites excluding steroid dienone is 3. The first-order valence-electron chi connectivity index (χ1n) is 11.0. The Labute approximate surface area is 197 Å². The molecular formula is C24H30BrN5O2. The molecule has 2 N–H and O–H groups in total. The molecular weight excluding hydrogens is 470 g/mol. The quantitative estimate of drug-likeness (QED) is 0.462. The van der Waals surface area contributed by atoms with Crippen molar-refractivity contribution in [1.29, 1.82) is 0 Å². The van der Waals surface area contributed by atoms with E-state index in [-0.39, 0.29) is 23.7 Å². The van der Waals surface area contributed by atoms with Gasteiger partial charge in [0.05, 0.1) is 5.92 Å². The summed E-state index contributed by atoms with van der Waals surface area (Å²) in [5.41, 5.74) is 2.59. The van der Waals surface area contributed by atoms with Gasteiger partial charge in [-0.1, -0.05) is 34.2 Å². The van der Waals surface area contributed by atoms with Crippen molar-refractivity contribution in [2.75, 3.05) is 63.6 Å². The van der Waals surface area contributed by atoms with E-state index in [9.17, 15) is 9.59 Å². The number of fused-ring (bicyclic) bond motifs is 1. The zero-order chi connectivity index (χ0) is 22.7. The summed E-state index contributed by atoms with van der Waals surface area (Å²) in [5, 5.41) is 5.68. The second-order valence-corrected chi connectivity index (χ2v) is 9.55. The predicted molar refractivity (Wildman–Crippen MR) is 132 cm³/mol. The average molecular weight is 500 g/mol. The fraction of sp³-hybridized carbons (Fsp3) is 0.417. The van der Waals surface area contributed by atoms with Crippen molar-refractivity contribution in [1.82, 2.24) is 15.1 Å². The first-order chi connectivity index (χ1) is 15.4. The zero-order valence-electron chi connectivity index (χ0n) is 18.6. The normalized spacial score (nSPS) is 25.3. The van der Waals surface area contributed by atoms with Gasteiger partial charge in [0.2, 0.25) is 5.91 Å². The second kappa shape index (κ2) is 10.0. The number of carbonyl (C=O) groups is 2. The molecule has 2 fully saturated rings. The Balaban J connectivity index is 1.36. The lowest BCUT2D eigenvalue weighted by Crippen LogP contribution is -2.47. The summed E-state index contributed by atoms with van der Waals surface area (Å²) in [6, 6.07) is 8.18. The lowest BCUT2D eigenvalue weighted by molar-refractivity contribution is -0.133. The molecule has 2 saturated heterocycles. The molecule has 2 aliphatic heterocycles. The number of halogens is 1. The molecule has 0 bridgehead atoms. The maximum absolute atomic E-state index is 12.4. The number of carbonyl (C=O) groups excluding carboxylic acids is 2. The van der Waals surface area contributed by atoms with Crippen LogP contribution in [0.5, 0.6) is 0 Å². The monoisotopic (exact) mass is 499 g/mol. The number of hydrogen-bond acceptors (Lipinski definition) is 6. The Morgan fingerprint density at radius 3 is 2.59 bits per heavy atom. The molecule has 1 aromatic rings. The van der Waals surface area contributed by atoms with Gasteiger partial charge in [-0.05, 0) is 31.3 Å². The minimum atomic E-state index is -0.363. The number of hydrogen-bond donors (Lipinski definition) is 2. The Morgan fingerprint density at radius 1 is 1.16 bits per heavy atom. The van der Waals surface area contributed by atoms with Crippen LogP contribution in [0.1, 0.15) is 0 Å². The highest BCUT2D eigenvalue weighted by molar-refractivity contribution is 9.11. The summed E-state index contributed by atoms with van der Waals surface area (Å²) in [4.78, 5) is 31.7. The van der Waals surface area contributed by atoms with E-state index >= 15 is 0 Å². The topological polar surface area (TPSA) is 67.9 Å². The molecule has 32 heavy (non-hydrogen) atoms. The van der Waals surface area contributed by atoms with Crippen LogP contribution in [-0.4, -0.2) is 75.0 Å². The molecule has 8 heteroatoms. The highest BCUT2D eigenvalue weighted by Gasteiger charge is 2.38. The van der Waals surface area contributed by atoms with Crippen LogP contribution >= 0.6 is 15.9 Å². The van der Waals surface area contributed by atoms with Crippen LogP contribution in [0.15, 0.2) is 58.7 Å². The molecule has 2 atom stereocenters. The van der Waals surface area contributed by atoms with Gasteiger partial charge in [-0.2, -0.15) is 0 Å². The number of anilines is 2. The molecule has 2 heterocycles. The van der Waals surface area contributed by atoms with E-state index in [2.05, 4.69) is 67.5 Å². The number of nitrogens with one attached hydrogen (secondary N) is 2. The minimum Gasteiger partial charge on any atom is -0.373 e. The lowest BCUT2D eigenvalue weighted by atomic mass is 9.79. The smallest absolute Gasteiger partial charge is 0.255 e. The molecule has 0 saturated carbocycles. The van der Waals surface area contributed by atoms with E-state index in [1.807, 2.05) is 30.4 Å². The van der Waals surface area contributed by atoms with Gasteiger partial charge in [-0.15, -0.1) is 0 Å². The van der Waals surface area contributed by atoms with Crippen molar-refractivity contribution < 1.29 is 9.59 Å². The SMILES string of the molecule is CN1CCN(CCN(C)c2ccc(N/C=C3/C(=O)NC(=O)C4C=CC(Br)=CC34)cc2)CC1. The Kier molecular flexibility index (Phi) is 7.13. The molecule has 4 rings (SSSR count). The standard InChI is InChI=1S/C24H30BrN5O2/c1-28-9-12-30(13-10-28)14-11-29(2)19-6-4-18(5-7-19)26-16-22-21-15-17(25)3-8-20(21)23(31)27-24(22)32/h3-8,15-16,20-21,26H,9-14H2,1-2H3,(H,27,31,32)/b22-16+. The van der Waals surface area contributed by atoms with Crippen LogP contribution in [0.25, 0.3) is 0 Å². The first kappa shape index (κ1) is 22.8. The number of imide groups is 1. The number of rotatable bonds is 6. The summed E-state index contributed by atoms with van der Waals surface area (Å²) in [7, 11) is 4.29. The molecule has 0 spiro atoms. The fourth-order valence-corrected chi connectivity index (χ4v) is 4.66. The van der Waals surface area contributed by atoms with Gasteiger partial charge < -0.3 is 15.1 Å². The summed E-state index contributed by atoms with van der Waals surface area (Å²) in [6.45, 7) is 6.57. The van der Waals surface area contributed by atoms with E-state index in [1.165, 1.54) is 0 Å². The number of piperidine rings is 1. The number of likely N-dealkylation sites (N-methyl/N-ethyl adjacent to an activating group) is 2. The number of piperazine rings is 1. The molecule has 2 unspecified atom stereocenters. The Morgan fingerprint density at radius 2 is 1.88 bits per heavy atom. The highest BCUT2D eigenvalue weighted by atomic mass is 79.9. The fourth-order valence-electron chi connectivity index (χ4n) is 4.23. The van der Waals surface area contributed by atoms with Gasteiger partial charge in [-0.3, -0.25) is 19.8 Å². The van der Waals surface area contributed by atoms with Gasteiger partial charge >= 0.3 is 0 Å². The Bertz CT molecular complexity index is 948. The molecule has 2 amide bonds. The summed E-state index contributed by atoms with van der Waals surface area (Å²) in [6.07, 6.45) is 7.30. The summed E-state index contributed by atoms with van der Waals surface area (Å²) < 4.78 is 0.871. The molecule has 3 aliphatic rings. The van der Waals surface area contributed by atoms with Crippen molar-refractivity contribution in [3.8, 4) is 0 Å². The van der Waals surface area contributed by atoms with E-state index in [0.717, 1.165) is 55.1 Å². The van der Waals surface area contributed by atoms with Gasteiger partial charge in [0, 0.05) is 79.9 Å². The number of amides is 2. The lowest BCUT2D eigenvalue weighted by Gasteiger charge is -2.33. The highest BCUT2D eigenvalue weighted by Crippen LogP contribution is 2.34. The van der Waals surface area contributed by atoms with Gasteiger partial charge in [-0.25, -0.2) is 0 Å². The van der Waals surface area contributed by atoms with Gasteiger partial charge in [0.1, 0.15) is 0 Å². The maximum Gasteiger partial charge on any atom is 0.255 e. The third kappa shape index (κ3) is 5.31. The summed E-state index contributed by atoms with van der Waals surface area (Å²) in [5.74, 6) is -1.24. The number of nitrogens with zero attached hydrogens (tertiary/aromatic N) is 3. The van der Waals surface area contributed by atoms with Gasteiger partial charge in [0.25, 0.3) is 5.91 Å². The largest absolute Gasteiger partial charge is 0.373 e. The molecule has 170 valence electrons. The molecule has 1 aliphatic carbocycles.